The standard InChI is InChI=1S/C17H28O3/c1-13(2)11-17(19)12-15(4)8-6-7-14(3)9-10-20-16(5)18/h8-9,11,17,19H,6-7,10,12H2,1-5H3. The third-order valence-corrected chi connectivity index (χ3v) is 2.81. The van der Waals surface area contributed by atoms with Crippen molar-refractivity contribution >= 4 is 5.97 Å². The number of carbonyl (C=O) groups excluding carboxylic acids is 1. The van der Waals surface area contributed by atoms with Crippen LogP contribution in [0.3, 0.4) is 0 Å². The van der Waals surface area contributed by atoms with Crippen LogP contribution in [0.5, 0.6) is 0 Å². The van der Waals surface area contributed by atoms with Crippen LogP contribution in [0.15, 0.2) is 34.9 Å². The Morgan fingerprint density at radius 3 is 2.30 bits per heavy atom. The minimum Gasteiger partial charge on any atom is -0.462 e. The van der Waals surface area contributed by atoms with E-state index >= 15 is 0 Å². The molecule has 0 heterocycles. The third-order valence-electron chi connectivity index (χ3n) is 2.81. The van der Waals surface area contributed by atoms with Gasteiger partial charge in [0.05, 0.1) is 6.10 Å². The molecule has 1 atom stereocenters. The first-order valence-electron chi connectivity index (χ1n) is 7.09. The van der Waals surface area contributed by atoms with Crippen LogP contribution < -0.4 is 0 Å². The Labute approximate surface area is 123 Å². The van der Waals surface area contributed by atoms with E-state index in [9.17, 15) is 9.90 Å². The fraction of sp³-hybridized carbons (Fsp3) is 0.588. The molecule has 20 heavy (non-hydrogen) atoms. The highest BCUT2D eigenvalue weighted by atomic mass is 16.5. The fourth-order valence-corrected chi connectivity index (χ4v) is 1.81. The van der Waals surface area contributed by atoms with E-state index in [1.165, 1.54) is 18.1 Å². The molecule has 1 N–H and O–H groups in total. The molecular formula is C17H28O3. The first-order chi connectivity index (χ1) is 9.31. The Kier molecular flexibility index (Phi) is 9.73. The molecule has 0 aliphatic heterocycles. The van der Waals surface area contributed by atoms with Crippen molar-refractivity contribution in [3.8, 4) is 0 Å². The van der Waals surface area contributed by atoms with Gasteiger partial charge in [0.25, 0.3) is 0 Å². The number of aliphatic hydroxyl groups excluding tert-OH is 1. The van der Waals surface area contributed by atoms with E-state index in [2.05, 4.69) is 6.08 Å². The first kappa shape index (κ1) is 18.7. The molecule has 0 aromatic rings. The van der Waals surface area contributed by atoms with Gasteiger partial charge in [0, 0.05) is 6.92 Å². The smallest absolute Gasteiger partial charge is 0.302 e. The van der Waals surface area contributed by atoms with E-state index in [4.69, 9.17) is 4.74 Å². The highest BCUT2D eigenvalue weighted by molar-refractivity contribution is 5.66. The molecule has 0 aliphatic rings. The number of hydrogen-bond acceptors (Lipinski definition) is 3. The lowest BCUT2D eigenvalue weighted by atomic mass is 10.0. The number of rotatable bonds is 8. The van der Waals surface area contributed by atoms with Crippen molar-refractivity contribution in [3.63, 3.8) is 0 Å². The van der Waals surface area contributed by atoms with Crippen LogP contribution in [0.1, 0.15) is 53.9 Å². The lowest BCUT2D eigenvalue weighted by molar-refractivity contribution is -0.139. The second-order valence-corrected chi connectivity index (χ2v) is 5.46. The van der Waals surface area contributed by atoms with Gasteiger partial charge in [-0.2, -0.15) is 0 Å². The highest BCUT2D eigenvalue weighted by Gasteiger charge is 2.01. The number of esters is 1. The molecule has 0 amide bonds. The molecule has 0 fully saturated rings. The van der Waals surface area contributed by atoms with Crippen LogP contribution in [0.25, 0.3) is 0 Å². The average Bonchev–Trinajstić information content (AvgIpc) is 2.26. The van der Waals surface area contributed by atoms with Crippen molar-refractivity contribution in [3.05, 3.63) is 34.9 Å². The quantitative estimate of drug-likeness (QED) is 0.541. The van der Waals surface area contributed by atoms with Crippen LogP contribution in [-0.2, 0) is 9.53 Å². The lowest BCUT2D eigenvalue weighted by Crippen LogP contribution is -2.03. The van der Waals surface area contributed by atoms with Crippen LogP contribution in [0.4, 0.5) is 0 Å². The Morgan fingerprint density at radius 2 is 1.75 bits per heavy atom. The Morgan fingerprint density at radius 1 is 1.10 bits per heavy atom. The van der Waals surface area contributed by atoms with Crippen LogP contribution >= 0.6 is 0 Å². The zero-order valence-corrected chi connectivity index (χ0v) is 13.4. The predicted octanol–water partition coefficient (Wildman–Crippen LogP) is 3.94. The van der Waals surface area contributed by atoms with Crippen molar-refractivity contribution < 1.29 is 14.6 Å². The second kappa shape index (κ2) is 10.4. The predicted molar refractivity (Wildman–Crippen MR) is 83.4 cm³/mol. The minimum atomic E-state index is -0.392. The summed E-state index contributed by atoms with van der Waals surface area (Å²) in [4.78, 5) is 10.6. The van der Waals surface area contributed by atoms with Gasteiger partial charge < -0.3 is 9.84 Å². The SMILES string of the molecule is CC(=O)OCC=C(C)CCC=C(C)CC(O)C=C(C)C. The van der Waals surface area contributed by atoms with Crippen molar-refractivity contribution in [1.82, 2.24) is 0 Å². The van der Waals surface area contributed by atoms with Crippen LogP contribution in [0, 0.1) is 0 Å². The van der Waals surface area contributed by atoms with E-state index in [1.807, 2.05) is 39.8 Å². The van der Waals surface area contributed by atoms with Gasteiger partial charge in [-0.15, -0.1) is 0 Å². The van der Waals surface area contributed by atoms with E-state index in [1.54, 1.807) is 0 Å². The van der Waals surface area contributed by atoms with Crippen LogP contribution in [-0.4, -0.2) is 23.8 Å². The Balaban J connectivity index is 4.04. The molecule has 0 aliphatic carbocycles. The summed E-state index contributed by atoms with van der Waals surface area (Å²) in [6, 6.07) is 0. The number of allylic oxidation sites excluding steroid dienone is 3. The number of aliphatic hydroxyl groups is 1. The van der Waals surface area contributed by atoms with E-state index in [0.29, 0.717) is 13.0 Å². The minimum absolute atomic E-state index is 0.252. The first-order valence-corrected chi connectivity index (χ1v) is 7.09. The van der Waals surface area contributed by atoms with Gasteiger partial charge in [0.15, 0.2) is 0 Å². The summed E-state index contributed by atoms with van der Waals surface area (Å²) in [7, 11) is 0. The maximum absolute atomic E-state index is 10.6. The Bertz CT molecular complexity index is 385. The summed E-state index contributed by atoms with van der Waals surface area (Å²) < 4.78 is 4.86. The molecular weight excluding hydrogens is 252 g/mol. The summed E-state index contributed by atoms with van der Waals surface area (Å²) >= 11 is 0. The van der Waals surface area contributed by atoms with Crippen molar-refractivity contribution in [2.75, 3.05) is 6.61 Å². The molecule has 0 bridgehead atoms. The Hall–Kier alpha value is -1.35. The normalized spacial score (nSPS) is 13.9. The van der Waals surface area contributed by atoms with Gasteiger partial charge in [-0.25, -0.2) is 0 Å². The van der Waals surface area contributed by atoms with Gasteiger partial charge >= 0.3 is 5.97 Å². The van der Waals surface area contributed by atoms with Gasteiger partial charge in [-0.3, -0.25) is 4.79 Å². The average molecular weight is 280 g/mol. The summed E-state index contributed by atoms with van der Waals surface area (Å²) in [5.74, 6) is -0.252. The van der Waals surface area contributed by atoms with Crippen molar-refractivity contribution in [2.24, 2.45) is 0 Å². The molecule has 0 radical (unpaired) electrons. The van der Waals surface area contributed by atoms with E-state index in [-0.39, 0.29) is 5.97 Å². The molecule has 0 aromatic carbocycles. The van der Waals surface area contributed by atoms with E-state index < -0.39 is 6.10 Å². The molecule has 0 spiro atoms. The van der Waals surface area contributed by atoms with Gasteiger partial charge in [-0.1, -0.05) is 28.9 Å². The van der Waals surface area contributed by atoms with Gasteiger partial charge in [0.1, 0.15) is 6.61 Å². The molecule has 114 valence electrons. The molecule has 3 heteroatoms. The zero-order chi connectivity index (χ0) is 15.5. The second-order valence-electron chi connectivity index (χ2n) is 5.46. The number of carbonyl (C=O) groups is 1. The molecule has 0 aromatic heterocycles. The largest absolute Gasteiger partial charge is 0.462 e. The zero-order valence-electron chi connectivity index (χ0n) is 13.4. The number of hydrogen-bond donors (Lipinski definition) is 1. The maximum Gasteiger partial charge on any atom is 0.302 e. The van der Waals surface area contributed by atoms with E-state index in [0.717, 1.165) is 18.4 Å². The monoisotopic (exact) mass is 280 g/mol. The maximum atomic E-state index is 10.6. The third kappa shape index (κ3) is 11.7. The molecule has 0 rings (SSSR count). The molecule has 0 saturated carbocycles. The van der Waals surface area contributed by atoms with Crippen LogP contribution in [0.2, 0.25) is 0 Å². The van der Waals surface area contributed by atoms with Gasteiger partial charge in [-0.05, 0) is 53.0 Å². The summed E-state index contributed by atoms with van der Waals surface area (Å²) in [5, 5.41) is 9.79. The van der Waals surface area contributed by atoms with Crippen molar-refractivity contribution in [2.45, 2.75) is 60.0 Å². The van der Waals surface area contributed by atoms with Crippen molar-refractivity contribution in [1.29, 1.82) is 0 Å². The highest BCUT2D eigenvalue weighted by Crippen LogP contribution is 2.11. The fourth-order valence-electron chi connectivity index (χ4n) is 1.81. The summed E-state index contributed by atoms with van der Waals surface area (Å²) in [6.07, 6.45) is 8.14. The molecule has 0 saturated heterocycles. The lowest BCUT2D eigenvalue weighted by Gasteiger charge is -2.07. The topological polar surface area (TPSA) is 46.5 Å². The summed E-state index contributed by atoms with van der Waals surface area (Å²) in [5.41, 5.74) is 3.54. The van der Waals surface area contributed by atoms with Gasteiger partial charge in [0.2, 0.25) is 0 Å². The molecule has 3 nitrogen and oxygen atoms in total. The number of ether oxygens (including phenoxy) is 1. The summed E-state index contributed by atoms with van der Waals surface area (Å²) in [6.45, 7) is 9.81. The molecule has 1 unspecified atom stereocenters.